The van der Waals surface area contributed by atoms with E-state index in [1.54, 1.807) is 0 Å². The molecule has 7 atom stereocenters. The zero-order chi connectivity index (χ0) is 19.7. The van der Waals surface area contributed by atoms with Crippen LogP contribution < -0.4 is 5.32 Å². The Kier molecular flexibility index (Phi) is 3.68. The number of anilines is 1. The minimum Gasteiger partial charge on any atom is -0.468 e. The van der Waals surface area contributed by atoms with Crippen molar-refractivity contribution in [3.05, 3.63) is 41.5 Å². The molecule has 1 aliphatic carbocycles. The van der Waals surface area contributed by atoms with E-state index in [1.165, 1.54) is 12.7 Å². The van der Waals surface area contributed by atoms with E-state index in [0.717, 1.165) is 17.7 Å². The maximum atomic E-state index is 13.4. The van der Waals surface area contributed by atoms with Crippen LogP contribution in [0.2, 0.25) is 0 Å². The Balaban J connectivity index is 1.76. The number of carbonyl (C=O) groups excluding carboxylic acids is 1. The van der Waals surface area contributed by atoms with Crippen LogP contribution in [0.4, 0.5) is 5.69 Å². The molecule has 6 heteroatoms. The summed E-state index contributed by atoms with van der Waals surface area (Å²) in [7, 11) is 1.42. The highest BCUT2D eigenvalue weighted by Crippen LogP contribution is 2.61. The molecule has 0 aromatic heterocycles. The number of methoxy groups -OCH3 is 1. The van der Waals surface area contributed by atoms with Gasteiger partial charge < -0.3 is 15.2 Å². The molecule has 146 valence electrons. The van der Waals surface area contributed by atoms with Gasteiger partial charge in [-0.15, -0.1) is 0 Å². The van der Waals surface area contributed by atoms with Crippen molar-refractivity contribution in [3.63, 3.8) is 0 Å². The largest absolute Gasteiger partial charge is 0.468 e. The van der Waals surface area contributed by atoms with Gasteiger partial charge in [-0.3, -0.25) is 9.69 Å². The molecule has 2 unspecified atom stereocenters. The quantitative estimate of drug-likeness (QED) is 0.605. The average molecular weight is 379 g/mol. The Morgan fingerprint density at radius 3 is 2.96 bits per heavy atom. The monoisotopic (exact) mass is 379 g/mol. The van der Waals surface area contributed by atoms with E-state index in [2.05, 4.69) is 29.3 Å². The van der Waals surface area contributed by atoms with Crippen molar-refractivity contribution in [1.82, 2.24) is 4.90 Å². The topological polar surface area (TPSA) is 85.6 Å². The molecule has 1 aromatic carbocycles. The van der Waals surface area contributed by atoms with E-state index in [9.17, 15) is 15.2 Å². The van der Waals surface area contributed by atoms with Gasteiger partial charge in [-0.2, -0.15) is 5.26 Å². The summed E-state index contributed by atoms with van der Waals surface area (Å²) in [6.07, 6.45) is 3.99. The number of nitrogens with one attached hydrogen (secondary N) is 1. The fourth-order valence-corrected chi connectivity index (χ4v) is 6.45. The summed E-state index contributed by atoms with van der Waals surface area (Å²) in [5.74, 6) is -0.342. The van der Waals surface area contributed by atoms with E-state index < -0.39 is 17.1 Å². The minimum atomic E-state index is -1.18. The second-order valence-electron chi connectivity index (χ2n) is 8.51. The van der Waals surface area contributed by atoms with Crippen LogP contribution in [0.5, 0.6) is 0 Å². The fourth-order valence-electron chi connectivity index (χ4n) is 6.45. The third-order valence-corrected chi connectivity index (χ3v) is 7.48. The number of fused-ring (bicyclic) bond motifs is 3. The van der Waals surface area contributed by atoms with Crippen LogP contribution in [0.1, 0.15) is 31.7 Å². The summed E-state index contributed by atoms with van der Waals surface area (Å²) < 4.78 is 5.36. The highest BCUT2D eigenvalue weighted by atomic mass is 16.5. The molecule has 6 nitrogen and oxygen atoms in total. The number of hydrogen-bond donors (Lipinski definition) is 2. The molecular formula is C22H25N3O3. The van der Waals surface area contributed by atoms with Crippen molar-refractivity contribution < 1.29 is 14.6 Å². The summed E-state index contributed by atoms with van der Waals surface area (Å²) in [6, 6.07) is 9.23. The number of piperidine rings is 1. The van der Waals surface area contributed by atoms with Gasteiger partial charge in [0.05, 0.1) is 25.3 Å². The van der Waals surface area contributed by atoms with Crippen LogP contribution in [0.3, 0.4) is 0 Å². The lowest BCUT2D eigenvalue weighted by molar-refractivity contribution is -0.169. The molecule has 4 aliphatic heterocycles. The predicted molar refractivity (Wildman–Crippen MR) is 103 cm³/mol. The highest BCUT2D eigenvalue weighted by Gasteiger charge is 2.70. The van der Waals surface area contributed by atoms with Crippen LogP contribution in [0.15, 0.2) is 35.9 Å². The van der Waals surface area contributed by atoms with Gasteiger partial charge in [0.25, 0.3) is 0 Å². The lowest BCUT2D eigenvalue weighted by Crippen LogP contribution is -2.69. The van der Waals surface area contributed by atoms with E-state index in [0.29, 0.717) is 19.4 Å². The minimum absolute atomic E-state index is 0.0445. The second kappa shape index (κ2) is 5.82. The molecular weight excluding hydrogens is 354 g/mol. The number of nitriles is 1. The third-order valence-electron chi connectivity index (χ3n) is 7.48. The van der Waals surface area contributed by atoms with Crippen LogP contribution in [-0.4, -0.2) is 47.8 Å². The van der Waals surface area contributed by atoms with Crippen molar-refractivity contribution in [2.45, 2.75) is 49.9 Å². The Hall–Kier alpha value is -2.36. The molecule has 5 aliphatic rings. The highest BCUT2D eigenvalue weighted by molar-refractivity contribution is 5.83. The molecule has 0 saturated carbocycles. The van der Waals surface area contributed by atoms with E-state index in [4.69, 9.17) is 4.74 Å². The number of benzene rings is 1. The molecule has 2 N–H and O–H groups in total. The molecule has 2 fully saturated rings. The van der Waals surface area contributed by atoms with Crippen molar-refractivity contribution >= 4 is 11.7 Å². The van der Waals surface area contributed by atoms with Crippen LogP contribution in [0.25, 0.3) is 0 Å². The first kappa shape index (κ1) is 17.7. The van der Waals surface area contributed by atoms with Crippen molar-refractivity contribution in [2.75, 3.05) is 19.0 Å². The number of carbonyl (C=O) groups is 1. The van der Waals surface area contributed by atoms with E-state index in [1.807, 2.05) is 24.3 Å². The number of nitrogens with zero attached hydrogens (tertiary/aromatic N) is 2. The number of hydrogen-bond acceptors (Lipinski definition) is 6. The Morgan fingerprint density at radius 2 is 2.25 bits per heavy atom. The molecule has 28 heavy (non-hydrogen) atoms. The second-order valence-corrected chi connectivity index (χ2v) is 8.51. The van der Waals surface area contributed by atoms with Crippen LogP contribution in [0, 0.1) is 22.7 Å². The fraction of sp³-hybridized carbons (Fsp3) is 0.545. The molecule has 0 spiro atoms. The Labute approximate surface area is 164 Å². The third kappa shape index (κ3) is 1.91. The lowest BCUT2D eigenvalue weighted by Gasteiger charge is -2.58. The summed E-state index contributed by atoms with van der Waals surface area (Å²) in [5, 5.41) is 25.3. The molecule has 2 saturated heterocycles. The first-order chi connectivity index (χ1) is 13.5. The van der Waals surface area contributed by atoms with Gasteiger partial charge in [-0.05, 0) is 25.3 Å². The van der Waals surface area contributed by atoms with Crippen molar-refractivity contribution in [2.24, 2.45) is 11.3 Å². The van der Waals surface area contributed by atoms with E-state index in [-0.39, 0.29) is 24.0 Å². The van der Waals surface area contributed by atoms with Gasteiger partial charge in [0.1, 0.15) is 17.1 Å². The number of para-hydroxylation sites is 1. The number of rotatable bonds is 2. The van der Waals surface area contributed by atoms with Gasteiger partial charge in [0.15, 0.2) is 0 Å². The van der Waals surface area contributed by atoms with Crippen molar-refractivity contribution in [1.29, 1.82) is 5.26 Å². The van der Waals surface area contributed by atoms with Crippen LogP contribution in [-0.2, 0) is 15.1 Å². The predicted octanol–water partition coefficient (Wildman–Crippen LogP) is 2.16. The van der Waals surface area contributed by atoms with E-state index >= 15 is 0 Å². The van der Waals surface area contributed by atoms with Crippen LogP contribution >= 0.6 is 0 Å². The number of esters is 1. The summed E-state index contributed by atoms with van der Waals surface area (Å²) in [5.41, 5.74) is 0.783. The van der Waals surface area contributed by atoms with Crippen molar-refractivity contribution in [3.8, 4) is 6.07 Å². The Bertz CT molecular complexity index is 922. The maximum absolute atomic E-state index is 13.4. The molecule has 1 aromatic rings. The summed E-state index contributed by atoms with van der Waals surface area (Å²) in [6.45, 7) is 2.66. The van der Waals surface area contributed by atoms with Gasteiger partial charge >= 0.3 is 5.97 Å². The molecule has 0 radical (unpaired) electrons. The standard InChI is InChI=1S/C22H25N3O3/c1-3-13-10-14-11-21(20(26)28-2)18(13)25(17(14)12-23)9-8-22(27)15-6-4-5-7-16(15)24-19(21)22/h4-7,10,14,17-19,24,27H,3,8-9,11H2,1-2H3/t14-,17-,18+,19?,21+,22+/m0/s1. The molecule has 6 rings (SSSR count). The van der Waals surface area contributed by atoms with Gasteiger partial charge in [-0.1, -0.05) is 36.8 Å². The molecule has 0 amide bonds. The smallest absolute Gasteiger partial charge is 0.316 e. The van der Waals surface area contributed by atoms with Gasteiger partial charge in [0, 0.05) is 23.7 Å². The summed E-state index contributed by atoms with van der Waals surface area (Å²) in [4.78, 5) is 15.6. The summed E-state index contributed by atoms with van der Waals surface area (Å²) >= 11 is 0. The SMILES string of the molecule is CCC1=C[C@H]2C[C@]3(C(=O)OC)C4Nc5ccccc5[C@]4(O)CCN([C@H]2C#N)[C@H]13. The number of aliphatic hydroxyl groups is 1. The molecule has 4 heterocycles. The number of ether oxygens (including phenoxy) is 1. The lowest BCUT2D eigenvalue weighted by atomic mass is 9.55. The maximum Gasteiger partial charge on any atom is 0.316 e. The first-order valence-corrected chi connectivity index (χ1v) is 10.0. The Morgan fingerprint density at radius 1 is 1.46 bits per heavy atom. The zero-order valence-electron chi connectivity index (χ0n) is 16.2. The zero-order valence-corrected chi connectivity index (χ0v) is 16.2. The molecule has 4 bridgehead atoms. The average Bonchev–Trinajstić information content (AvgIpc) is 2.99. The normalized spacial score (nSPS) is 42.4. The van der Waals surface area contributed by atoms with Gasteiger partial charge in [-0.25, -0.2) is 0 Å². The first-order valence-electron chi connectivity index (χ1n) is 10.0. The van der Waals surface area contributed by atoms with Gasteiger partial charge in [0.2, 0.25) is 0 Å².